The number of nitrogens with one attached hydrogen (secondary N) is 1. The predicted octanol–water partition coefficient (Wildman–Crippen LogP) is 3.83. The van der Waals surface area contributed by atoms with Crippen LogP contribution in [-0.2, 0) is 6.54 Å². The second-order valence-corrected chi connectivity index (χ2v) is 8.15. The van der Waals surface area contributed by atoms with Gasteiger partial charge in [0.05, 0.1) is 30.1 Å². The van der Waals surface area contributed by atoms with Crippen molar-refractivity contribution in [3.05, 3.63) is 89.2 Å². The van der Waals surface area contributed by atoms with Crippen LogP contribution in [0.15, 0.2) is 77.9 Å². The van der Waals surface area contributed by atoms with Gasteiger partial charge in [-0.1, -0.05) is 41.9 Å². The zero-order valence-corrected chi connectivity index (χ0v) is 17.4. The summed E-state index contributed by atoms with van der Waals surface area (Å²) in [7, 11) is 0. The van der Waals surface area contributed by atoms with Crippen LogP contribution in [0.5, 0.6) is 0 Å². The third kappa shape index (κ3) is 3.22. The van der Waals surface area contributed by atoms with Gasteiger partial charge in [0.15, 0.2) is 0 Å². The molecule has 6 rings (SSSR count). The number of nitrogens with zero attached hydrogens (tertiary/aromatic N) is 6. The van der Waals surface area contributed by atoms with Crippen LogP contribution in [0.25, 0.3) is 11.0 Å². The van der Waals surface area contributed by atoms with Crippen molar-refractivity contribution in [2.75, 3.05) is 18.2 Å². The number of imidazole rings is 1. The molecule has 0 saturated heterocycles. The first kappa shape index (κ1) is 18.4. The molecule has 31 heavy (non-hydrogen) atoms. The number of hydrogen-bond acceptors (Lipinski definition) is 6. The van der Waals surface area contributed by atoms with Crippen molar-refractivity contribution in [3.63, 3.8) is 0 Å². The van der Waals surface area contributed by atoms with Crippen molar-refractivity contribution in [2.24, 2.45) is 4.99 Å². The highest BCUT2D eigenvalue weighted by Gasteiger charge is 2.35. The van der Waals surface area contributed by atoms with Crippen molar-refractivity contribution in [1.82, 2.24) is 24.8 Å². The Hall–Kier alpha value is -3.42. The van der Waals surface area contributed by atoms with Gasteiger partial charge in [-0.05, 0) is 42.0 Å². The van der Waals surface area contributed by atoms with E-state index in [4.69, 9.17) is 21.6 Å². The summed E-state index contributed by atoms with van der Waals surface area (Å²) in [6, 6.07) is 22.1. The van der Waals surface area contributed by atoms with Crippen LogP contribution in [0.4, 0.5) is 5.95 Å². The lowest BCUT2D eigenvalue weighted by molar-refractivity contribution is 0.261. The molecule has 1 unspecified atom stereocenters. The molecule has 2 aliphatic heterocycles. The van der Waals surface area contributed by atoms with Gasteiger partial charge in [0, 0.05) is 17.8 Å². The molecule has 1 N–H and O–H groups in total. The first-order valence-corrected chi connectivity index (χ1v) is 10.6. The maximum absolute atomic E-state index is 6.14. The number of aliphatic imine (C=N–C) groups is 1. The molecule has 0 radical (unpaired) electrons. The number of rotatable bonds is 3. The number of anilines is 1. The largest absolute Gasteiger partial charge is 0.331 e. The molecule has 8 heteroatoms. The van der Waals surface area contributed by atoms with Gasteiger partial charge in [0.1, 0.15) is 6.17 Å². The Morgan fingerprint density at radius 2 is 1.84 bits per heavy atom. The molecule has 0 fully saturated rings. The van der Waals surface area contributed by atoms with Crippen LogP contribution in [0.2, 0.25) is 5.02 Å². The summed E-state index contributed by atoms with van der Waals surface area (Å²) in [5, 5.41) is 4.34. The molecule has 0 aliphatic carbocycles. The van der Waals surface area contributed by atoms with Crippen LogP contribution < -0.4 is 10.2 Å². The Kier molecular flexibility index (Phi) is 4.36. The zero-order valence-electron chi connectivity index (χ0n) is 16.7. The zero-order chi connectivity index (χ0) is 20.8. The van der Waals surface area contributed by atoms with Crippen LogP contribution in [0.1, 0.15) is 17.4 Å². The maximum Gasteiger partial charge on any atom is 0.216 e. The van der Waals surface area contributed by atoms with E-state index < -0.39 is 0 Å². The Labute approximate surface area is 184 Å². The summed E-state index contributed by atoms with van der Waals surface area (Å²) in [5.41, 5.74) is 4.16. The molecular weight excluding hydrogens is 410 g/mol. The first-order valence-electron chi connectivity index (χ1n) is 10.2. The summed E-state index contributed by atoms with van der Waals surface area (Å²) >= 11 is 6.14. The maximum atomic E-state index is 6.14. The molecule has 2 aliphatic rings. The SMILES string of the molecule is Clc1ccc(C2NC3=NCN(Cc4ccccn4)CN3c3nc4ccccc4n32)cc1. The monoisotopic (exact) mass is 429 g/mol. The van der Waals surface area contributed by atoms with Gasteiger partial charge < -0.3 is 5.32 Å². The lowest BCUT2D eigenvalue weighted by Gasteiger charge is -2.41. The lowest BCUT2D eigenvalue weighted by atomic mass is 10.1. The second kappa shape index (κ2) is 7.37. The first-order chi connectivity index (χ1) is 15.3. The minimum absolute atomic E-state index is 0.114. The van der Waals surface area contributed by atoms with Gasteiger partial charge in [-0.3, -0.25) is 19.4 Å². The van der Waals surface area contributed by atoms with Crippen LogP contribution >= 0.6 is 11.6 Å². The van der Waals surface area contributed by atoms with Crippen molar-refractivity contribution in [1.29, 1.82) is 0 Å². The van der Waals surface area contributed by atoms with Gasteiger partial charge in [-0.25, -0.2) is 9.98 Å². The highest BCUT2D eigenvalue weighted by Crippen LogP contribution is 2.34. The van der Waals surface area contributed by atoms with E-state index in [1.54, 1.807) is 0 Å². The number of pyridine rings is 1. The highest BCUT2D eigenvalue weighted by atomic mass is 35.5. The third-order valence-electron chi connectivity index (χ3n) is 5.66. The van der Waals surface area contributed by atoms with E-state index in [1.165, 1.54) is 0 Å². The molecular formula is C23H20ClN7. The molecule has 0 amide bonds. The molecule has 1 atom stereocenters. The van der Waals surface area contributed by atoms with E-state index in [2.05, 4.69) is 30.7 Å². The fraction of sp³-hybridized carbons (Fsp3) is 0.174. The normalized spacial score (nSPS) is 18.3. The average molecular weight is 430 g/mol. The van der Waals surface area contributed by atoms with E-state index in [-0.39, 0.29) is 6.17 Å². The van der Waals surface area contributed by atoms with Gasteiger partial charge in [0.2, 0.25) is 11.9 Å². The van der Waals surface area contributed by atoms with Crippen LogP contribution in [0.3, 0.4) is 0 Å². The van der Waals surface area contributed by atoms with Crippen molar-refractivity contribution >= 4 is 34.5 Å². The molecule has 2 aromatic carbocycles. The van der Waals surface area contributed by atoms with Crippen molar-refractivity contribution in [3.8, 4) is 0 Å². The molecule has 0 spiro atoms. The quantitative estimate of drug-likeness (QED) is 0.536. The van der Waals surface area contributed by atoms with Gasteiger partial charge >= 0.3 is 0 Å². The Bertz CT molecular complexity index is 1270. The number of benzene rings is 2. The minimum Gasteiger partial charge on any atom is -0.331 e. The molecule has 7 nitrogen and oxygen atoms in total. The minimum atomic E-state index is -0.114. The summed E-state index contributed by atoms with van der Waals surface area (Å²) < 4.78 is 2.24. The van der Waals surface area contributed by atoms with Crippen LogP contribution in [0, 0.1) is 0 Å². The van der Waals surface area contributed by atoms with E-state index in [1.807, 2.05) is 66.9 Å². The molecule has 154 valence electrons. The average Bonchev–Trinajstić information content (AvgIpc) is 3.20. The lowest BCUT2D eigenvalue weighted by Crippen LogP contribution is -2.57. The summed E-state index contributed by atoms with van der Waals surface area (Å²) in [6.07, 6.45) is 1.71. The summed E-state index contributed by atoms with van der Waals surface area (Å²) in [6.45, 7) is 2.01. The predicted molar refractivity (Wildman–Crippen MR) is 122 cm³/mol. The van der Waals surface area contributed by atoms with E-state index in [9.17, 15) is 0 Å². The topological polar surface area (TPSA) is 61.6 Å². The Morgan fingerprint density at radius 3 is 2.68 bits per heavy atom. The summed E-state index contributed by atoms with van der Waals surface area (Å²) in [5.74, 6) is 1.71. The third-order valence-corrected chi connectivity index (χ3v) is 5.91. The Balaban J connectivity index is 1.42. The Morgan fingerprint density at radius 1 is 1.00 bits per heavy atom. The number of aromatic nitrogens is 3. The standard InChI is InChI=1S/C23H20ClN7/c24-17-10-8-16(9-11-17)21-28-22-26-14-29(13-18-5-3-4-12-25-18)15-30(22)23-27-19-6-1-2-7-20(19)31(21)23/h1-12,21H,13-15H2,(H,26,28). The number of hydrogen-bond donors (Lipinski definition) is 1. The van der Waals surface area contributed by atoms with E-state index in [0.29, 0.717) is 13.3 Å². The van der Waals surface area contributed by atoms with Gasteiger partial charge in [-0.2, -0.15) is 0 Å². The van der Waals surface area contributed by atoms with Crippen LogP contribution in [-0.4, -0.2) is 38.7 Å². The fourth-order valence-corrected chi connectivity index (χ4v) is 4.33. The van der Waals surface area contributed by atoms with E-state index >= 15 is 0 Å². The van der Waals surface area contributed by atoms with Crippen molar-refractivity contribution in [2.45, 2.75) is 12.7 Å². The van der Waals surface area contributed by atoms with E-state index in [0.717, 1.165) is 45.8 Å². The molecule has 4 heterocycles. The molecule has 0 bridgehead atoms. The van der Waals surface area contributed by atoms with Crippen molar-refractivity contribution < 1.29 is 0 Å². The number of fused-ring (bicyclic) bond motifs is 5. The van der Waals surface area contributed by atoms with Gasteiger partial charge in [0.25, 0.3) is 0 Å². The smallest absolute Gasteiger partial charge is 0.216 e. The van der Waals surface area contributed by atoms with Gasteiger partial charge in [-0.15, -0.1) is 0 Å². The number of guanidine groups is 1. The number of para-hydroxylation sites is 2. The molecule has 4 aromatic rings. The molecule has 0 saturated carbocycles. The fourth-order valence-electron chi connectivity index (χ4n) is 4.21. The summed E-state index contributed by atoms with van der Waals surface area (Å²) in [4.78, 5) is 18.7. The number of halogens is 1. The second-order valence-electron chi connectivity index (χ2n) is 7.71. The molecule has 2 aromatic heterocycles. The highest BCUT2D eigenvalue weighted by molar-refractivity contribution is 6.30.